The van der Waals surface area contributed by atoms with Crippen molar-refractivity contribution in [1.29, 1.82) is 0 Å². The Hall–Kier alpha value is -1.16. The average molecular weight is 179 g/mol. The number of amidine groups is 1. The Morgan fingerprint density at radius 3 is 3.08 bits per heavy atom. The molecule has 0 amide bonds. The summed E-state index contributed by atoms with van der Waals surface area (Å²) in [5.41, 5.74) is 8.97. The number of nitrogens with zero attached hydrogens (tertiary/aromatic N) is 1. The second-order valence-electron chi connectivity index (χ2n) is 2.67. The van der Waals surface area contributed by atoms with E-state index in [0.717, 1.165) is 11.3 Å². The van der Waals surface area contributed by atoms with Gasteiger partial charge in [0.2, 0.25) is 0 Å². The van der Waals surface area contributed by atoms with E-state index in [4.69, 9.17) is 5.73 Å². The molecule has 62 valence electrons. The molecule has 0 radical (unpaired) electrons. The van der Waals surface area contributed by atoms with Gasteiger partial charge in [-0.3, -0.25) is 0 Å². The highest BCUT2D eigenvalue weighted by atomic mass is 32.2. The zero-order chi connectivity index (χ0) is 8.55. The van der Waals surface area contributed by atoms with Crippen molar-refractivity contribution in [2.24, 2.45) is 10.1 Å². The maximum absolute atomic E-state index is 5.70. The first-order valence-electron chi connectivity index (χ1n) is 3.64. The quantitative estimate of drug-likeness (QED) is 0.596. The third kappa shape index (κ3) is 1.04. The Balaban J connectivity index is 2.62. The molecule has 0 spiro atoms. The van der Waals surface area contributed by atoms with Gasteiger partial charge >= 0.3 is 0 Å². The van der Waals surface area contributed by atoms with Gasteiger partial charge in [-0.05, 0) is 18.6 Å². The highest BCUT2D eigenvalue weighted by molar-refractivity contribution is 7.99. The van der Waals surface area contributed by atoms with E-state index in [2.05, 4.69) is 9.12 Å². The predicted molar refractivity (Wildman–Crippen MR) is 53.1 cm³/mol. The first-order chi connectivity index (χ1) is 5.79. The number of fused-ring (bicyclic) bond motifs is 1. The number of hydrogen-bond donors (Lipinski definition) is 2. The molecule has 1 aliphatic heterocycles. The van der Waals surface area contributed by atoms with E-state index in [1.807, 2.05) is 25.1 Å². The first-order valence-corrected chi connectivity index (χ1v) is 4.42. The van der Waals surface area contributed by atoms with Crippen molar-refractivity contribution in [2.75, 3.05) is 4.72 Å². The molecule has 1 heterocycles. The number of hydrogen-bond acceptors (Lipinski definition) is 4. The van der Waals surface area contributed by atoms with Crippen molar-refractivity contribution in [3.8, 4) is 0 Å². The summed E-state index contributed by atoms with van der Waals surface area (Å²) in [6.07, 6.45) is 0. The van der Waals surface area contributed by atoms with E-state index in [1.54, 1.807) is 0 Å². The summed E-state index contributed by atoms with van der Waals surface area (Å²) in [7, 11) is 0. The van der Waals surface area contributed by atoms with Gasteiger partial charge in [-0.2, -0.15) is 4.40 Å². The lowest BCUT2D eigenvalue weighted by molar-refractivity contribution is 1.43. The van der Waals surface area contributed by atoms with Crippen LogP contribution in [0, 0.1) is 6.92 Å². The van der Waals surface area contributed by atoms with Crippen LogP contribution in [0.5, 0.6) is 0 Å². The molecule has 3 N–H and O–H groups in total. The molecule has 12 heavy (non-hydrogen) atoms. The molecule has 0 unspecified atom stereocenters. The number of para-hydroxylation sites is 1. The minimum absolute atomic E-state index is 0.595. The minimum atomic E-state index is 0.595. The normalized spacial score (nSPS) is 14.6. The Morgan fingerprint density at radius 1 is 1.50 bits per heavy atom. The largest absolute Gasteiger partial charge is 0.383 e. The van der Waals surface area contributed by atoms with Crippen LogP contribution in [-0.2, 0) is 0 Å². The molecule has 0 fully saturated rings. The molecule has 0 saturated carbocycles. The fraction of sp³-hybridized carbons (Fsp3) is 0.125. The maximum atomic E-state index is 5.70. The van der Waals surface area contributed by atoms with Crippen LogP contribution in [0.25, 0.3) is 0 Å². The number of nitrogens with one attached hydrogen (secondary N) is 1. The molecule has 0 aliphatic carbocycles. The van der Waals surface area contributed by atoms with E-state index in [9.17, 15) is 0 Å². The number of benzene rings is 1. The van der Waals surface area contributed by atoms with Gasteiger partial charge in [-0.15, -0.1) is 0 Å². The van der Waals surface area contributed by atoms with Gasteiger partial charge in [0.05, 0.1) is 17.8 Å². The molecule has 0 bridgehead atoms. The van der Waals surface area contributed by atoms with Gasteiger partial charge in [0.25, 0.3) is 0 Å². The lowest BCUT2D eigenvalue weighted by Gasteiger charge is -2.15. The van der Waals surface area contributed by atoms with Gasteiger partial charge in [-0.1, -0.05) is 12.1 Å². The molecule has 2 rings (SSSR count). The van der Waals surface area contributed by atoms with Crippen molar-refractivity contribution in [3.05, 3.63) is 29.3 Å². The Morgan fingerprint density at radius 2 is 2.33 bits per heavy atom. The van der Waals surface area contributed by atoms with E-state index < -0.39 is 0 Å². The predicted octanol–water partition coefficient (Wildman–Crippen LogP) is 1.69. The van der Waals surface area contributed by atoms with Crippen molar-refractivity contribution < 1.29 is 0 Å². The smallest absolute Gasteiger partial charge is 0.142 e. The van der Waals surface area contributed by atoms with Crippen LogP contribution < -0.4 is 10.5 Å². The number of rotatable bonds is 0. The third-order valence-electron chi connectivity index (χ3n) is 1.84. The van der Waals surface area contributed by atoms with Crippen LogP contribution in [0.2, 0.25) is 0 Å². The van der Waals surface area contributed by atoms with Gasteiger partial charge in [-0.25, -0.2) is 0 Å². The second kappa shape index (κ2) is 2.71. The lowest BCUT2D eigenvalue weighted by Crippen LogP contribution is -2.17. The molecule has 4 heteroatoms. The first kappa shape index (κ1) is 7.49. The number of anilines is 1. The van der Waals surface area contributed by atoms with Gasteiger partial charge in [0, 0.05) is 5.56 Å². The monoisotopic (exact) mass is 179 g/mol. The standard InChI is InChI=1S/C8H9N3S/c1-5-3-2-4-6-7(5)10-12-11-8(6)9/h2-4,10H,1H3,(H2,9,11). The summed E-state index contributed by atoms with van der Waals surface area (Å²) in [6.45, 7) is 2.05. The maximum Gasteiger partial charge on any atom is 0.142 e. The van der Waals surface area contributed by atoms with Gasteiger partial charge < -0.3 is 10.5 Å². The third-order valence-corrected chi connectivity index (χ3v) is 2.42. The molecule has 0 atom stereocenters. The van der Waals surface area contributed by atoms with Crippen LogP contribution in [0.4, 0.5) is 5.69 Å². The Kier molecular flexibility index (Phi) is 1.69. The Bertz CT molecular complexity index is 346. The summed E-state index contributed by atoms with van der Waals surface area (Å²) in [5.74, 6) is 0.595. The van der Waals surface area contributed by atoms with Crippen LogP contribution in [0.1, 0.15) is 11.1 Å². The van der Waals surface area contributed by atoms with Gasteiger partial charge in [0.1, 0.15) is 5.84 Å². The topological polar surface area (TPSA) is 50.4 Å². The van der Waals surface area contributed by atoms with Crippen molar-refractivity contribution in [2.45, 2.75) is 6.92 Å². The van der Waals surface area contributed by atoms with E-state index in [-0.39, 0.29) is 0 Å². The summed E-state index contributed by atoms with van der Waals surface area (Å²) in [6, 6.07) is 5.99. The molecule has 0 saturated heterocycles. The summed E-state index contributed by atoms with van der Waals surface area (Å²) in [5, 5.41) is 0. The van der Waals surface area contributed by atoms with Gasteiger partial charge in [0.15, 0.2) is 0 Å². The zero-order valence-electron chi connectivity index (χ0n) is 6.66. The SMILES string of the molecule is Cc1cccc2c1NSN=C2N. The second-order valence-corrected chi connectivity index (χ2v) is 3.24. The molecule has 1 aliphatic rings. The average Bonchev–Trinajstić information content (AvgIpc) is 2.07. The van der Waals surface area contributed by atoms with E-state index >= 15 is 0 Å². The summed E-state index contributed by atoms with van der Waals surface area (Å²) >= 11 is 1.27. The molecule has 1 aromatic rings. The van der Waals surface area contributed by atoms with Crippen molar-refractivity contribution >= 4 is 23.7 Å². The fourth-order valence-electron chi connectivity index (χ4n) is 1.18. The zero-order valence-corrected chi connectivity index (χ0v) is 7.48. The van der Waals surface area contributed by atoms with Crippen LogP contribution in [0.15, 0.2) is 22.6 Å². The summed E-state index contributed by atoms with van der Waals surface area (Å²) < 4.78 is 7.12. The molecular weight excluding hydrogens is 170 g/mol. The minimum Gasteiger partial charge on any atom is -0.383 e. The highest BCUT2D eigenvalue weighted by Crippen LogP contribution is 2.27. The number of aryl methyl sites for hydroxylation is 1. The summed E-state index contributed by atoms with van der Waals surface area (Å²) in [4.78, 5) is 0. The van der Waals surface area contributed by atoms with E-state index in [1.165, 1.54) is 17.7 Å². The molecule has 1 aromatic carbocycles. The lowest BCUT2D eigenvalue weighted by atomic mass is 10.1. The van der Waals surface area contributed by atoms with Crippen molar-refractivity contribution in [3.63, 3.8) is 0 Å². The van der Waals surface area contributed by atoms with E-state index in [0.29, 0.717) is 5.84 Å². The van der Waals surface area contributed by atoms with Crippen LogP contribution >= 0.6 is 12.1 Å². The van der Waals surface area contributed by atoms with Crippen molar-refractivity contribution in [1.82, 2.24) is 0 Å². The van der Waals surface area contributed by atoms with Crippen LogP contribution in [-0.4, -0.2) is 5.84 Å². The highest BCUT2D eigenvalue weighted by Gasteiger charge is 2.12. The molecular formula is C8H9N3S. The molecule has 0 aromatic heterocycles. The van der Waals surface area contributed by atoms with Crippen LogP contribution in [0.3, 0.4) is 0 Å². The Labute approximate surface area is 75.3 Å². The molecule has 3 nitrogen and oxygen atoms in total. The fourth-order valence-corrected chi connectivity index (χ4v) is 1.79. The number of nitrogens with two attached hydrogens (primary N) is 1.